The van der Waals surface area contributed by atoms with Crippen molar-refractivity contribution in [2.24, 2.45) is 7.05 Å². The number of hydrogen-bond acceptors (Lipinski definition) is 2. The summed E-state index contributed by atoms with van der Waals surface area (Å²) in [7, 11) is 1.81. The van der Waals surface area contributed by atoms with Gasteiger partial charge in [0, 0.05) is 12.6 Å². The zero-order chi connectivity index (χ0) is 13.4. The number of ketones is 1. The molecule has 98 valence electrons. The molecule has 0 saturated heterocycles. The SMILES string of the molecule is Cc1cc(C(=O)c2ccc(C3CCC3)cc2)n(C)n1. The number of nitrogens with zero attached hydrogens (tertiary/aromatic N) is 2. The molecule has 1 aliphatic rings. The van der Waals surface area contributed by atoms with Crippen molar-refractivity contribution in [1.29, 1.82) is 0 Å². The Morgan fingerprint density at radius 1 is 1.26 bits per heavy atom. The lowest BCUT2D eigenvalue weighted by atomic mass is 9.80. The minimum Gasteiger partial charge on any atom is -0.287 e. The van der Waals surface area contributed by atoms with Crippen molar-refractivity contribution >= 4 is 5.78 Å². The van der Waals surface area contributed by atoms with Crippen LogP contribution in [0.2, 0.25) is 0 Å². The lowest BCUT2D eigenvalue weighted by molar-refractivity contribution is 0.103. The summed E-state index contributed by atoms with van der Waals surface area (Å²) >= 11 is 0. The topological polar surface area (TPSA) is 34.9 Å². The van der Waals surface area contributed by atoms with Gasteiger partial charge in [-0.25, -0.2) is 0 Å². The van der Waals surface area contributed by atoms with Gasteiger partial charge < -0.3 is 0 Å². The first kappa shape index (κ1) is 12.2. The van der Waals surface area contributed by atoms with Crippen LogP contribution in [0, 0.1) is 6.92 Å². The molecule has 3 rings (SSSR count). The molecule has 2 aromatic rings. The maximum atomic E-state index is 12.4. The number of aryl methyl sites for hydroxylation is 2. The summed E-state index contributed by atoms with van der Waals surface area (Å²) in [6.45, 7) is 1.90. The van der Waals surface area contributed by atoms with Crippen LogP contribution in [0.3, 0.4) is 0 Å². The van der Waals surface area contributed by atoms with Gasteiger partial charge in [0.1, 0.15) is 5.69 Å². The van der Waals surface area contributed by atoms with Crippen LogP contribution in [0.1, 0.15) is 52.5 Å². The van der Waals surface area contributed by atoms with E-state index in [-0.39, 0.29) is 5.78 Å². The van der Waals surface area contributed by atoms with E-state index in [0.717, 1.165) is 11.3 Å². The second-order valence-corrected chi connectivity index (χ2v) is 5.37. The number of aromatic nitrogens is 2. The van der Waals surface area contributed by atoms with Crippen LogP contribution >= 0.6 is 0 Å². The summed E-state index contributed by atoms with van der Waals surface area (Å²) in [4.78, 5) is 12.4. The molecule has 1 saturated carbocycles. The van der Waals surface area contributed by atoms with Crippen LogP contribution in [0.5, 0.6) is 0 Å². The van der Waals surface area contributed by atoms with Gasteiger partial charge >= 0.3 is 0 Å². The molecule has 1 aliphatic carbocycles. The van der Waals surface area contributed by atoms with Crippen LogP contribution in [0.4, 0.5) is 0 Å². The van der Waals surface area contributed by atoms with Crippen LogP contribution in [0.25, 0.3) is 0 Å². The Morgan fingerprint density at radius 3 is 2.42 bits per heavy atom. The monoisotopic (exact) mass is 254 g/mol. The zero-order valence-electron chi connectivity index (χ0n) is 11.4. The van der Waals surface area contributed by atoms with Gasteiger partial charge in [0.2, 0.25) is 5.78 Å². The second-order valence-electron chi connectivity index (χ2n) is 5.37. The summed E-state index contributed by atoms with van der Waals surface area (Å²) in [6.07, 6.45) is 3.90. The molecule has 0 aliphatic heterocycles. The summed E-state index contributed by atoms with van der Waals surface area (Å²) in [6, 6.07) is 9.92. The summed E-state index contributed by atoms with van der Waals surface area (Å²) in [5.41, 5.74) is 3.63. The van der Waals surface area contributed by atoms with Crippen LogP contribution < -0.4 is 0 Å². The highest BCUT2D eigenvalue weighted by molar-refractivity contribution is 6.07. The van der Waals surface area contributed by atoms with Crippen molar-refractivity contribution in [1.82, 2.24) is 9.78 Å². The Balaban J connectivity index is 1.85. The molecule has 3 heteroatoms. The average Bonchev–Trinajstić information content (AvgIpc) is 2.66. The highest BCUT2D eigenvalue weighted by Gasteiger charge is 2.20. The predicted molar refractivity (Wildman–Crippen MR) is 74.4 cm³/mol. The van der Waals surface area contributed by atoms with Gasteiger partial charge in [0.25, 0.3) is 0 Å². The lowest BCUT2D eigenvalue weighted by Gasteiger charge is -2.25. The molecule has 0 amide bonds. The van der Waals surface area contributed by atoms with Crippen LogP contribution in [0.15, 0.2) is 30.3 Å². The average molecular weight is 254 g/mol. The van der Waals surface area contributed by atoms with Crippen LogP contribution in [-0.4, -0.2) is 15.6 Å². The minimum absolute atomic E-state index is 0.0447. The second kappa shape index (κ2) is 4.65. The minimum atomic E-state index is 0.0447. The Bertz CT molecular complexity index is 606. The van der Waals surface area contributed by atoms with Gasteiger partial charge in [-0.2, -0.15) is 5.10 Å². The maximum absolute atomic E-state index is 12.4. The molecule has 0 radical (unpaired) electrons. The fourth-order valence-corrected chi connectivity index (χ4v) is 2.62. The molecule has 0 N–H and O–H groups in total. The zero-order valence-corrected chi connectivity index (χ0v) is 11.4. The fraction of sp³-hybridized carbons (Fsp3) is 0.375. The molecule has 19 heavy (non-hydrogen) atoms. The van der Waals surface area contributed by atoms with E-state index in [1.165, 1.54) is 24.8 Å². The number of carbonyl (C=O) groups is 1. The highest BCUT2D eigenvalue weighted by atomic mass is 16.1. The van der Waals surface area contributed by atoms with Crippen molar-refractivity contribution < 1.29 is 4.79 Å². The van der Waals surface area contributed by atoms with Gasteiger partial charge in [-0.05, 0) is 37.3 Å². The fourth-order valence-electron chi connectivity index (χ4n) is 2.62. The van der Waals surface area contributed by atoms with Crippen molar-refractivity contribution in [2.45, 2.75) is 32.1 Å². The van der Waals surface area contributed by atoms with E-state index in [2.05, 4.69) is 17.2 Å². The van der Waals surface area contributed by atoms with Gasteiger partial charge in [-0.3, -0.25) is 9.48 Å². The molecule has 1 heterocycles. The molecule has 3 nitrogen and oxygen atoms in total. The molecule has 0 bridgehead atoms. The van der Waals surface area contributed by atoms with Crippen molar-refractivity contribution in [3.8, 4) is 0 Å². The molecular formula is C16H18N2O. The molecule has 1 fully saturated rings. The van der Waals surface area contributed by atoms with E-state index in [1.807, 2.05) is 32.2 Å². The van der Waals surface area contributed by atoms with E-state index < -0.39 is 0 Å². The molecule has 0 spiro atoms. The number of rotatable bonds is 3. The largest absolute Gasteiger partial charge is 0.287 e. The van der Waals surface area contributed by atoms with Crippen molar-refractivity contribution in [2.75, 3.05) is 0 Å². The van der Waals surface area contributed by atoms with Crippen molar-refractivity contribution in [3.63, 3.8) is 0 Å². The van der Waals surface area contributed by atoms with Crippen LogP contribution in [-0.2, 0) is 7.05 Å². The lowest BCUT2D eigenvalue weighted by Crippen LogP contribution is -2.10. The third-order valence-corrected chi connectivity index (χ3v) is 3.98. The molecule has 1 aromatic carbocycles. The molecule has 0 unspecified atom stereocenters. The Morgan fingerprint density at radius 2 is 1.95 bits per heavy atom. The smallest absolute Gasteiger partial charge is 0.211 e. The summed E-state index contributed by atoms with van der Waals surface area (Å²) in [5.74, 6) is 0.756. The first-order valence-electron chi connectivity index (χ1n) is 6.80. The van der Waals surface area contributed by atoms with E-state index in [9.17, 15) is 4.79 Å². The number of benzene rings is 1. The van der Waals surface area contributed by atoms with Crippen molar-refractivity contribution in [3.05, 3.63) is 52.8 Å². The summed E-state index contributed by atoms with van der Waals surface area (Å²) < 4.78 is 1.65. The highest BCUT2D eigenvalue weighted by Crippen LogP contribution is 2.36. The first-order valence-corrected chi connectivity index (χ1v) is 6.80. The third-order valence-electron chi connectivity index (χ3n) is 3.98. The van der Waals surface area contributed by atoms with E-state index in [1.54, 1.807) is 4.68 Å². The summed E-state index contributed by atoms with van der Waals surface area (Å²) in [5, 5.41) is 4.22. The molecular weight excluding hydrogens is 236 g/mol. The van der Waals surface area contributed by atoms with Gasteiger partial charge in [-0.15, -0.1) is 0 Å². The first-order chi connectivity index (χ1) is 9.15. The predicted octanol–water partition coefficient (Wildman–Crippen LogP) is 3.23. The maximum Gasteiger partial charge on any atom is 0.211 e. The van der Waals surface area contributed by atoms with Gasteiger partial charge in [0.15, 0.2) is 0 Å². The Labute approximate surface area is 113 Å². The number of hydrogen-bond donors (Lipinski definition) is 0. The Hall–Kier alpha value is -1.90. The van der Waals surface area contributed by atoms with E-state index in [4.69, 9.17) is 0 Å². The molecule has 1 aromatic heterocycles. The third kappa shape index (κ3) is 2.21. The van der Waals surface area contributed by atoms with Gasteiger partial charge in [-0.1, -0.05) is 30.7 Å². The molecule has 0 atom stereocenters. The number of carbonyl (C=O) groups excluding carboxylic acids is 1. The van der Waals surface area contributed by atoms with E-state index in [0.29, 0.717) is 11.6 Å². The Kier molecular flexibility index (Phi) is 2.97. The standard InChI is InChI=1S/C16H18N2O/c1-11-10-15(18(2)17-11)16(19)14-8-6-13(7-9-14)12-4-3-5-12/h6-10,12H,3-5H2,1-2H3. The normalized spacial score (nSPS) is 15.3. The van der Waals surface area contributed by atoms with E-state index >= 15 is 0 Å². The quantitative estimate of drug-likeness (QED) is 0.788. The van der Waals surface area contributed by atoms with Gasteiger partial charge in [0.05, 0.1) is 5.69 Å².